The minimum Gasteiger partial charge on any atom is -0.468 e. The third kappa shape index (κ3) is 4.91. The van der Waals surface area contributed by atoms with E-state index in [1.165, 1.54) is 12.0 Å². The standard InChI is InChI=1S/C14H18ClNO3/c1-3-8-16(10-14(18)19-2)13(17)9-11-6-4-5-7-12(11)15/h4-7H,3,8-10H2,1-2H3. The first-order valence-electron chi connectivity index (χ1n) is 6.16. The van der Waals surface area contributed by atoms with E-state index in [2.05, 4.69) is 4.74 Å². The first kappa shape index (κ1) is 15.5. The minimum absolute atomic E-state index is 0.0202. The zero-order valence-corrected chi connectivity index (χ0v) is 11.9. The molecule has 0 aliphatic heterocycles. The lowest BCUT2D eigenvalue weighted by atomic mass is 10.1. The number of carbonyl (C=O) groups is 2. The average molecular weight is 284 g/mol. The van der Waals surface area contributed by atoms with Crippen molar-refractivity contribution in [3.05, 3.63) is 34.9 Å². The highest BCUT2D eigenvalue weighted by molar-refractivity contribution is 6.31. The van der Waals surface area contributed by atoms with Gasteiger partial charge in [0.2, 0.25) is 5.91 Å². The van der Waals surface area contributed by atoms with Gasteiger partial charge in [-0.1, -0.05) is 36.7 Å². The van der Waals surface area contributed by atoms with Gasteiger partial charge in [-0.25, -0.2) is 0 Å². The molecule has 0 saturated heterocycles. The maximum absolute atomic E-state index is 12.2. The van der Waals surface area contributed by atoms with Gasteiger partial charge < -0.3 is 9.64 Å². The average Bonchev–Trinajstić information content (AvgIpc) is 2.40. The molecule has 0 saturated carbocycles. The highest BCUT2D eigenvalue weighted by Crippen LogP contribution is 2.16. The van der Waals surface area contributed by atoms with Crippen LogP contribution in [0.4, 0.5) is 0 Å². The molecule has 0 atom stereocenters. The summed E-state index contributed by atoms with van der Waals surface area (Å²) >= 11 is 6.02. The molecular weight excluding hydrogens is 266 g/mol. The molecule has 0 spiro atoms. The third-order valence-corrected chi connectivity index (χ3v) is 3.06. The summed E-state index contributed by atoms with van der Waals surface area (Å²) in [5.41, 5.74) is 0.764. The van der Waals surface area contributed by atoms with Gasteiger partial charge in [0, 0.05) is 11.6 Å². The fourth-order valence-electron chi connectivity index (χ4n) is 1.70. The second kappa shape index (κ2) is 7.79. The molecule has 1 amide bonds. The summed E-state index contributed by atoms with van der Waals surface area (Å²) in [5, 5.41) is 0.561. The number of amides is 1. The predicted octanol–water partition coefficient (Wildman–Crippen LogP) is 2.29. The summed E-state index contributed by atoms with van der Waals surface area (Å²) in [6.07, 6.45) is 0.974. The van der Waals surface area contributed by atoms with Crippen molar-refractivity contribution in [1.82, 2.24) is 4.90 Å². The van der Waals surface area contributed by atoms with E-state index in [9.17, 15) is 9.59 Å². The van der Waals surface area contributed by atoms with E-state index < -0.39 is 5.97 Å². The van der Waals surface area contributed by atoms with Crippen LogP contribution in [0.5, 0.6) is 0 Å². The van der Waals surface area contributed by atoms with Crippen LogP contribution in [-0.2, 0) is 20.7 Å². The third-order valence-electron chi connectivity index (χ3n) is 2.69. The van der Waals surface area contributed by atoms with Gasteiger partial charge in [-0.15, -0.1) is 0 Å². The number of esters is 1. The Morgan fingerprint density at radius 2 is 2.00 bits per heavy atom. The van der Waals surface area contributed by atoms with Gasteiger partial charge >= 0.3 is 5.97 Å². The van der Waals surface area contributed by atoms with Gasteiger partial charge in [0.05, 0.1) is 13.5 Å². The van der Waals surface area contributed by atoms with E-state index in [0.717, 1.165) is 12.0 Å². The number of benzene rings is 1. The van der Waals surface area contributed by atoms with Crippen molar-refractivity contribution in [2.75, 3.05) is 20.2 Å². The maximum atomic E-state index is 12.2. The van der Waals surface area contributed by atoms with Crippen molar-refractivity contribution in [3.63, 3.8) is 0 Å². The van der Waals surface area contributed by atoms with Crippen molar-refractivity contribution < 1.29 is 14.3 Å². The molecule has 0 radical (unpaired) electrons. The maximum Gasteiger partial charge on any atom is 0.325 e. The van der Waals surface area contributed by atoms with Crippen LogP contribution in [-0.4, -0.2) is 37.0 Å². The van der Waals surface area contributed by atoms with Gasteiger partial charge in [0.1, 0.15) is 6.54 Å². The fourth-order valence-corrected chi connectivity index (χ4v) is 1.90. The molecular formula is C14H18ClNO3. The van der Waals surface area contributed by atoms with E-state index in [-0.39, 0.29) is 18.9 Å². The molecule has 0 unspecified atom stereocenters. The lowest BCUT2D eigenvalue weighted by Gasteiger charge is -2.21. The van der Waals surface area contributed by atoms with Gasteiger partial charge in [-0.2, -0.15) is 0 Å². The Labute approximate surface area is 118 Å². The lowest BCUT2D eigenvalue weighted by molar-refractivity contribution is -0.146. The molecule has 0 heterocycles. The van der Waals surface area contributed by atoms with E-state index in [4.69, 9.17) is 11.6 Å². The van der Waals surface area contributed by atoms with E-state index in [0.29, 0.717) is 11.6 Å². The molecule has 0 bridgehead atoms. The molecule has 0 aromatic heterocycles. The Balaban J connectivity index is 2.72. The van der Waals surface area contributed by atoms with Crippen LogP contribution in [0.2, 0.25) is 5.02 Å². The molecule has 104 valence electrons. The van der Waals surface area contributed by atoms with Crippen LogP contribution in [0, 0.1) is 0 Å². The Morgan fingerprint density at radius 3 is 2.58 bits per heavy atom. The smallest absolute Gasteiger partial charge is 0.325 e. The molecule has 19 heavy (non-hydrogen) atoms. The minimum atomic E-state index is -0.416. The number of carbonyl (C=O) groups excluding carboxylic acids is 2. The Kier molecular flexibility index (Phi) is 6.36. The first-order valence-corrected chi connectivity index (χ1v) is 6.54. The zero-order chi connectivity index (χ0) is 14.3. The van der Waals surface area contributed by atoms with Crippen LogP contribution in [0.25, 0.3) is 0 Å². The number of hydrogen-bond donors (Lipinski definition) is 0. The Hall–Kier alpha value is -1.55. The van der Waals surface area contributed by atoms with Gasteiger partial charge in [-0.3, -0.25) is 9.59 Å². The van der Waals surface area contributed by atoms with Crippen molar-refractivity contribution in [3.8, 4) is 0 Å². The van der Waals surface area contributed by atoms with Gasteiger partial charge in [-0.05, 0) is 18.1 Å². The largest absolute Gasteiger partial charge is 0.468 e. The quantitative estimate of drug-likeness (QED) is 0.753. The lowest BCUT2D eigenvalue weighted by Crippen LogP contribution is -2.37. The van der Waals surface area contributed by atoms with Crippen LogP contribution in [0.1, 0.15) is 18.9 Å². The molecule has 1 aromatic rings. The van der Waals surface area contributed by atoms with Crippen molar-refractivity contribution in [2.45, 2.75) is 19.8 Å². The fraction of sp³-hybridized carbons (Fsp3) is 0.429. The summed E-state index contributed by atoms with van der Waals surface area (Å²) in [4.78, 5) is 24.9. The summed E-state index contributed by atoms with van der Waals surface area (Å²) in [6.45, 7) is 2.46. The topological polar surface area (TPSA) is 46.6 Å². The summed E-state index contributed by atoms with van der Waals surface area (Å²) in [5.74, 6) is -0.540. The Bertz CT molecular complexity index is 448. The summed E-state index contributed by atoms with van der Waals surface area (Å²) in [6, 6.07) is 7.20. The zero-order valence-electron chi connectivity index (χ0n) is 11.2. The molecule has 4 nitrogen and oxygen atoms in total. The summed E-state index contributed by atoms with van der Waals surface area (Å²) < 4.78 is 4.59. The second-order valence-corrected chi connectivity index (χ2v) is 4.57. The molecule has 0 aliphatic carbocycles. The van der Waals surface area contributed by atoms with Crippen LogP contribution in [0.15, 0.2) is 24.3 Å². The number of hydrogen-bond acceptors (Lipinski definition) is 3. The molecule has 0 aliphatic rings. The highest BCUT2D eigenvalue weighted by atomic mass is 35.5. The van der Waals surface area contributed by atoms with Crippen molar-refractivity contribution >= 4 is 23.5 Å². The number of nitrogens with zero attached hydrogens (tertiary/aromatic N) is 1. The molecule has 5 heteroatoms. The normalized spacial score (nSPS) is 10.1. The van der Waals surface area contributed by atoms with Gasteiger partial charge in [0.15, 0.2) is 0 Å². The van der Waals surface area contributed by atoms with E-state index in [1.54, 1.807) is 6.07 Å². The van der Waals surface area contributed by atoms with Crippen molar-refractivity contribution in [2.24, 2.45) is 0 Å². The van der Waals surface area contributed by atoms with Crippen LogP contribution < -0.4 is 0 Å². The first-order chi connectivity index (χ1) is 9.08. The van der Waals surface area contributed by atoms with Crippen LogP contribution in [0.3, 0.4) is 0 Å². The van der Waals surface area contributed by atoms with Gasteiger partial charge in [0.25, 0.3) is 0 Å². The number of rotatable bonds is 6. The SMILES string of the molecule is CCCN(CC(=O)OC)C(=O)Cc1ccccc1Cl. The monoisotopic (exact) mass is 283 g/mol. The predicted molar refractivity (Wildman–Crippen MR) is 74.0 cm³/mol. The molecule has 1 rings (SSSR count). The van der Waals surface area contributed by atoms with E-state index in [1.807, 2.05) is 25.1 Å². The number of ether oxygens (including phenoxy) is 1. The molecule has 0 fully saturated rings. The second-order valence-electron chi connectivity index (χ2n) is 4.16. The highest BCUT2D eigenvalue weighted by Gasteiger charge is 2.17. The van der Waals surface area contributed by atoms with E-state index >= 15 is 0 Å². The molecule has 1 aromatic carbocycles. The molecule has 0 N–H and O–H groups in total. The number of methoxy groups -OCH3 is 1. The van der Waals surface area contributed by atoms with Crippen LogP contribution >= 0.6 is 11.6 Å². The summed E-state index contributed by atoms with van der Waals surface area (Å²) in [7, 11) is 1.31. The van der Waals surface area contributed by atoms with Crippen molar-refractivity contribution in [1.29, 1.82) is 0 Å². The Morgan fingerprint density at radius 1 is 1.32 bits per heavy atom. The number of halogens is 1.